The largest absolute Gasteiger partial charge is 0.507 e. The van der Waals surface area contributed by atoms with Gasteiger partial charge >= 0.3 is 0 Å². The lowest BCUT2D eigenvalue weighted by molar-refractivity contribution is -0.134. The molecule has 2 amide bonds. The lowest BCUT2D eigenvalue weighted by Crippen LogP contribution is -2.54. The zero-order valence-electron chi connectivity index (χ0n) is 33.3. The van der Waals surface area contributed by atoms with Crippen LogP contribution in [0.1, 0.15) is 62.5 Å². The van der Waals surface area contributed by atoms with Crippen molar-refractivity contribution in [1.82, 2.24) is 20.4 Å². The second-order valence-corrected chi connectivity index (χ2v) is 17.5. The molecule has 0 spiro atoms. The lowest BCUT2D eigenvalue weighted by atomic mass is 9.78. The number of carbonyl (C=O) groups excluding carboxylic acids is 2. The second-order valence-electron chi connectivity index (χ2n) is 17.5. The van der Waals surface area contributed by atoms with Crippen molar-refractivity contribution in [3.8, 4) is 17.0 Å². The van der Waals surface area contributed by atoms with E-state index in [0.717, 1.165) is 89.1 Å². The molecule has 12 heteroatoms. The first-order chi connectivity index (χ1) is 28.4. The fourth-order valence-corrected chi connectivity index (χ4v) is 11.3. The summed E-state index contributed by atoms with van der Waals surface area (Å²) in [5, 5.41) is 21.6. The molecule has 7 heterocycles. The molecule has 0 radical (unpaired) electrons. The second kappa shape index (κ2) is 15.4. The molecule has 302 valence electrons. The minimum atomic E-state index is -0.253. The van der Waals surface area contributed by atoms with Crippen LogP contribution in [-0.2, 0) is 22.6 Å². The minimum Gasteiger partial charge on any atom is -0.507 e. The van der Waals surface area contributed by atoms with E-state index in [4.69, 9.17) is 5.73 Å². The highest BCUT2D eigenvalue weighted by Gasteiger charge is 2.41. The number of hydrogen-bond acceptors (Lipinski definition) is 11. The number of phenolic OH excluding ortho intramolecular Hbond substituents is 1. The number of likely N-dealkylation sites (tertiary alicyclic amines) is 1. The number of hydrogen-bond donors (Lipinski definition) is 3. The number of fused-ring (bicyclic) bond motifs is 3. The fourth-order valence-electron chi connectivity index (χ4n) is 11.3. The van der Waals surface area contributed by atoms with Gasteiger partial charge in [0.05, 0.1) is 11.4 Å². The number of nitrogens with zero attached hydrogens (tertiary/aromatic N) is 7. The maximum Gasteiger partial charge on any atom is 0.249 e. The lowest BCUT2D eigenvalue weighted by Gasteiger charge is -2.44. The monoisotopic (exact) mass is 781 g/mol. The molecule has 5 saturated heterocycles. The molecule has 10 rings (SSSR count). The molecule has 4 aromatic rings. The van der Waals surface area contributed by atoms with E-state index in [1.54, 1.807) is 6.07 Å². The van der Waals surface area contributed by atoms with E-state index in [-0.39, 0.29) is 23.6 Å². The highest BCUT2D eigenvalue weighted by molar-refractivity contribution is 6.02. The summed E-state index contributed by atoms with van der Waals surface area (Å²) in [6, 6.07) is 25.6. The van der Waals surface area contributed by atoms with Gasteiger partial charge in [-0.2, -0.15) is 0 Å². The summed E-state index contributed by atoms with van der Waals surface area (Å²) in [6.07, 6.45) is 9.29. The average Bonchev–Trinajstić information content (AvgIpc) is 3.79. The summed E-state index contributed by atoms with van der Waals surface area (Å²) in [7, 11) is 0. The minimum absolute atomic E-state index is 0.152. The van der Waals surface area contributed by atoms with Crippen LogP contribution in [0, 0.1) is 11.8 Å². The molecule has 0 aliphatic carbocycles. The van der Waals surface area contributed by atoms with Crippen molar-refractivity contribution in [3.63, 3.8) is 0 Å². The Bertz CT molecular complexity index is 2170. The van der Waals surface area contributed by atoms with Crippen molar-refractivity contribution >= 4 is 40.4 Å². The maximum absolute atomic E-state index is 12.7. The molecule has 0 unspecified atom stereocenters. The normalized spacial score (nSPS) is 24.4. The zero-order chi connectivity index (χ0) is 39.3. The zero-order valence-corrected chi connectivity index (χ0v) is 33.3. The molecule has 6 aliphatic heterocycles. The number of piperazine rings is 1. The Balaban J connectivity index is 0.726. The van der Waals surface area contributed by atoms with Crippen LogP contribution in [-0.4, -0.2) is 96.0 Å². The maximum atomic E-state index is 12.7. The van der Waals surface area contributed by atoms with Gasteiger partial charge in [-0.05, 0) is 124 Å². The van der Waals surface area contributed by atoms with Crippen LogP contribution in [0.25, 0.3) is 11.3 Å². The smallest absolute Gasteiger partial charge is 0.249 e. The van der Waals surface area contributed by atoms with Crippen LogP contribution in [0.5, 0.6) is 5.75 Å². The summed E-state index contributed by atoms with van der Waals surface area (Å²) in [6.45, 7) is 8.08. The van der Waals surface area contributed by atoms with Crippen LogP contribution >= 0.6 is 0 Å². The molecule has 6 aliphatic rings. The van der Waals surface area contributed by atoms with Crippen molar-refractivity contribution in [1.29, 1.82) is 0 Å². The highest BCUT2D eigenvalue weighted by atomic mass is 16.3. The Morgan fingerprint density at radius 3 is 2.19 bits per heavy atom. The van der Waals surface area contributed by atoms with E-state index < -0.39 is 0 Å². The van der Waals surface area contributed by atoms with E-state index in [1.165, 1.54) is 53.9 Å². The summed E-state index contributed by atoms with van der Waals surface area (Å²) in [5.74, 6) is 1.88. The Morgan fingerprint density at radius 1 is 0.707 bits per heavy atom. The number of benzene rings is 3. The third-order valence-electron chi connectivity index (χ3n) is 14.2. The Labute approximate surface area is 341 Å². The van der Waals surface area contributed by atoms with Crippen molar-refractivity contribution < 1.29 is 14.7 Å². The summed E-state index contributed by atoms with van der Waals surface area (Å²) in [4.78, 5) is 37.0. The Hall–Kier alpha value is -5.36. The highest BCUT2D eigenvalue weighted by Crippen LogP contribution is 2.42. The number of aromatic hydroxyl groups is 1. The third kappa shape index (κ3) is 6.99. The van der Waals surface area contributed by atoms with E-state index in [2.05, 4.69) is 82.5 Å². The summed E-state index contributed by atoms with van der Waals surface area (Å²) < 4.78 is 0. The fraction of sp³-hybridized carbons (Fsp3) is 0.478. The SMILES string of the molecule is Nc1nnc(-c2ccccc2O)cc1N1C[C@H]2CC[C@@H](C1)N2c1cccc(CN2CCC(C3CCN(c4cccc5c4CCN5[C@@H]4CCC(=O)NC4=O)CC3)CC2)c1. The number of nitrogens with one attached hydrogen (secondary N) is 1. The van der Waals surface area contributed by atoms with Crippen LogP contribution in [0.4, 0.5) is 28.6 Å². The van der Waals surface area contributed by atoms with Gasteiger partial charge < -0.3 is 30.4 Å². The van der Waals surface area contributed by atoms with Crippen LogP contribution < -0.4 is 30.7 Å². The van der Waals surface area contributed by atoms with Gasteiger partial charge in [0.2, 0.25) is 11.8 Å². The number of imide groups is 1. The molecule has 0 saturated carbocycles. The van der Waals surface area contributed by atoms with E-state index in [0.29, 0.717) is 42.0 Å². The van der Waals surface area contributed by atoms with Gasteiger partial charge in [0.1, 0.15) is 11.8 Å². The number of carbonyl (C=O) groups is 2. The molecule has 3 atom stereocenters. The number of para-hydroxylation sites is 1. The number of amides is 2. The van der Waals surface area contributed by atoms with Crippen molar-refractivity contribution in [3.05, 3.63) is 83.9 Å². The third-order valence-corrected chi connectivity index (χ3v) is 14.2. The topological polar surface area (TPSA) is 134 Å². The van der Waals surface area contributed by atoms with Gasteiger partial charge in [-0.1, -0.05) is 30.3 Å². The van der Waals surface area contributed by atoms with Crippen molar-refractivity contribution in [2.45, 2.75) is 82.5 Å². The number of anilines is 5. The number of phenols is 1. The number of aromatic nitrogens is 2. The first-order valence-electron chi connectivity index (χ1n) is 21.6. The van der Waals surface area contributed by atoms with Gasteiger partial charge in [0.25, 0.3) is 0 Å². The van der Waals surface area contributed by atoms with Crippen LogP contribution in [0.2, 0.25) is 0 Å². The van der Waals surface area contributed by atoms with E-state index in [1.807, 2.05) is 24.3 Å². The Kier molecular flexibility index (Phi) is 9.83. The first kappa shape index (κ1) is 36.9. The summed E-state index contributed by atoms with van der Waals surface area (Å²) in [5.41, 5.74) is 15.2. The predicted molar refractivity (Wildman–Crippen MR) is 228 cm³/mol. The van der Waals surface area contributed by atoms with E-state index in [9.17, 15) is 14.7 Å². The molecule has 1 aromatic heterocycles. The standard InChI is InChI=1S/C46H55N9O3/c47-45-42(26-38(49-50-45)36-7-1-2-10-43(36)56)53-28-34-11-12-35(29-53)55(34)33-6-3-5-30(25-33)27-51-20-15-31(16-21-51)32-17-22-52(23-18-32)39-8-4-9-40-37(39)19-24-54(40)41-13-14-44(57)48-46(41)58/h1-10,25-26,31-32,34-35,41,56H,11-24,27-29H2,(H2,47,50)(H,48,57,58)/t34-,35+,41-/m1/s1. The van der Waals surface area contributed by atoms with Gasteiger partial charge in [-0.3, -0.25) is 19.8 Å². The molecule has 58 heavy (non-hydrogen) atoms. The first-order valence-corrected chi connectivity index (χ1v) is 21.6. The number of rotatable bonds is 8. The molecule has 5 fully saturated rings. The molecule has 3 aromatic carbocycles. The van der Waals surface area contributed by atoms with Gasteiger partial charge in [0, 0.05) is 86.0 Å². The molecular formula is C46H55N9O3. The Morgan fingerprint density at radius 2 is 1.43 bits per heavy atom. The average molecular weight is 782 g/mol. The van der Waals surface area contributed by atoms with Crippen molar-refractivity contribution in [2.75, 3.05) is 71.1 Å². The quantitative estimate of drug-likeness (QED) is 0.194. The summed E-state index contributed by atoms with van der Waals surface area (Å²) >= 11 is 0. The molecule has 4 N–H and O–H groups in total. The van der Waals surface area contributed by atoms with Crippen molar-refractivity contribution in [2.24, 2.45) is 11.8 Å². The van der Waals surface area contributed by atoms with Crippen LogP contribution in [0.15, 0.2) is 72.8 Å². The number of nitrogens with two attached hydrogens (primary N) is 1. The van der Waals surface area contributed by atoms with Gasteiger partial charge in [0.15, 0.2) is 5.82 Å². The number of nitrogen functional groups attached to an aromatic ring is 1. The van der Waals surface area contributed by atoms with Crippen LogP contribution in [0.3, 0.4) is 0 Å². The number of piperidine rings is 3. The van der Waals surface area contributed by atoms with Gasteiger partial charge in [-0.15, -0.1) is 10.2 Å². The van der Waals surface area contributed by atoms with E-state index >= 15 is 0 Å². The van der Waals surface area contributed by atoms with Gasteiger partial charge in [-0.25, -0.2) is 0 Å². The molecular weight excluding hydrogens is 727 g/mol. The molecule has 12 nitrogen and oxygen atoms in total. The molecule has 2 bridgehead atoms. The predicted octanol–water partition coefficient (Wildman–Crippen LogP) is 5.59.